The number of aryl methyl sites for hydroxylation is 1. The van der Waals surface area contributed by atoms with Crippen molar-refractivity contribution < 1.29 is 28.2 Å². The molecule has 4 fully saturated rings. The van der Waals surface area contributed by atoms with Gasteiger partial charge in [-0.1, -0.05) is 0 Å². The molecule has 1 saturated heterocycles. The van der Waals surface area contributed by atoms with Gasteiger partial charge in [0.25, 0.3) is 0 Å². The van der Waals surface area contributed by atoms with Crippen LogP contribution in [0.4, 0.5) is 10.6 Å². The number of methoxy groups -OCH3 is 2. The van der Waals surface area contributed by atoms with Crippen molar-refractivity contribution in [1.82, 2.24) is 19.9 Å². The smallest absolute Gasteiger partial charge is 0.410 e. The molecule has 0 radical (unpaired) electrons. The number of pyridine rings is 2. The average Bonchev–Trinajstić information content (AvgIpc) is 3.67. The van der Waals surface area contributed by atoms with E-state index in [1.165, 1.54) is 0 Å². The molecule has 7 rings (SSSR count). The topological polar surface area (TPSA) is 120 Å². The monoisotopic (exact) mass is 685 g/mol. The molecule has 11 heteroatoms. The fraction of sp³-hybridized carbons (Fsp3) is 0.615. The van der Waals surface area contributed by atoms with Crippen molar-refractivity contribution in [2.24, 2.45) is 17.8 Å². The van der Waals surface area contributed by atoms with Crippen LogP contribution in [0.25, 0.3) is 11.3 Å². The first-order valence-electron chi connectivity index (χ1n) is 18.6. The molecule has 3 aliphatic carbocycles. The quantitative estimate of drug-likeness (QED) is 0.205. The van der Waals surface area contributed by atoms with Crippen LogP contribution in [0.15, 0.2) is 41.1 Å². The van der Waals surface area contributed by atoms with Crippen LogP contribution in [0.5, 0.6) is 5.75 Å². The van der Waals surface area contributed by atoms with Crippen LogP contribution in [0.1, 0.15) is 99.7 Å². The molecule has 3 aromatic rings. The summed E-state index contributed by atoms with van der Waals surface area (Å²) in [4.78, 5) is 45.4. The molecule has 3 aromatic heterocycles. The standard InChI is InChI=1S/C39H51N5O6/c1-25-35(48-3)15-14-33(41-25)28-6-4-26(5-7-28)22-44(36-20-31(16-18-40-36)34-24-49-37(42-34)29-8-9-29)38(45)30-10-12-32(13-11-30)50-39(46)43-19-17-27(21-43)23-47-2/h14-16,18,20,24,26-30,32H,4-13,17,19,21-23H2,1-3H3. The number of hydrogen-bond acceptors (Lipinski definition) is 9. The number of carbonyl (C=O) groups is 2. The van der Waals surface area contributed by atoms with E-state index in [0.717, 1.165) is 79.2 Å². The van der Waals surface area contributed by atoms with Crippen molar-refractivity contribution in [3.63, 3.8) is 0 Å². The van der Waals surface area contributed by atoms with Gasteiger partial charge in [-0.15, -0.1) is 0 Å². The lowest BCUT2D eigenvalue weighted by Gasteiger charge is -2.35. The van der Waals surface area contributed by atoms with Crippen LogP contribution in [-0.2, 0) is 14.3 Å². The van der Waals surface area contributed by atoms with Gasteiger partial charge in [-0.2, -0.15) is 0 Å². The Morgan fingerprint density at radius 2 is 1.70 bits per heavy atom. The summed E-state index contributed by atoms with van der Waals surface area (Å²) in [6.45, 7) is 4.65. The second-order valence-corrected chi connectivity index (χ2v) is 14.9. The van der Waals surface area contributed by atoms with Crippen molar-refractivity contribution in [1.29, 1.82) is 0 Å². The van der Waals surface area contributed by atoms with Gasteiger partial charge in [0.05, 0.1) is 19.4 Å². The number of likely N-dealkylation sites (tertiary alicyclic amines) is 1. The summed E-state index contributed by atoms with van der Waals surface area (Å²) in [5.74, 6) is 3.77. The van der Waals surface area contributed by atoms with Crippen molar-refractivity contribution in [3.8, 4) is 17.0 Å². The largest absolute Gasteiger partial charge is 0.495 e. The van der Waals surface area contributed by atoms with Crippen molar-refractivity contribution >= 4 is 17.8 Å². The highest BCUT2D eigenvalue weighted by Crippen LogP contribution is 2.41. The van der Waals surface area contributed by atoms with Crippen molar-refractivity contribution in [2.75, 3.05) is 45.4 Å². The first-order chi connectivity index (χ1) is 24.4. The van der Waals surface area contributed by atoms with Gasteiger partial charge >= 0.3 is 6.09 Å². The highest BCUT2D eigenvalue weighted by molar-refractivity contribution is 5.94. The minimum absolute atomic E-state index is 0.106. The van der Waals surface area contributed by atoms with Gasteiger partial charge in [-0.3, -0.25) is 14.7 Å². The van der Waals surface area contributed by atoms with Gasteiger partial charge in [0, 0.05) is 67.9 Å². The van der Waals surface area contributed by atoms with E-state index in [1.54, 1.807) is 31.6 Å². The fourth-order valence-corrected chi connectivity index (χ4v) is 8.10. The SMILES string of the molecule is COCC1CCN(C(=O)OC2CCC(C(=O)N(CC3CCC(c4ccc(OC)c(C)n4)CC3)c3cc(-c4coc(C5CC5)n4)ccn3)CC2)C1. The van der Waals surface area contributed by atoms with E-state index in [0.29, 0.717) is 81.4 Å². The molecular weight excluding hydrogens is 634 g/mol. The van der Waals surface area contributed by atoms with E-state index in [4.69, 9.17) is 33.6 Å². The van der Waals surface area contributed by atoms with E-state index >= 15 is 0 Å². The maximum absolute atomic E-state index is 14.4. The Morgan fingerprint density at radius 3 is 2.42 bits per heavy atom. The number of hydrogen-bond donors (Lipinski definition) is 0. The predicted molar refractivity (Wildman–Crippen MR) is 188 cm³/mol. The zero-order valence-corrected chi connectivity index (χ0v) is 29.7. The fourth-order valence-electron chi connectivity index (χ4n) is 8.10. The zero-order valence-electron chi connectivity index (χ0n) is 29.7. The second-order valence-electron chi connectivity index (χ2n) is 14.9. The molecule has 1 aliphatic heterocycles. The zero-order chi connectivity index (χ0) is 34.6. The number of anilines is 1. The number of amides is 2. The minimum Gasteiger partial charge on any atom is -0.495 e. The molecule has 11 nitrogen and oxygen atoms in total. The summed E-state index contributed by atoms with van der Waals surface area (Å²) >= 11 is 0. The Labute approximate surface area is 295 Å². The molecule has 50 heavy (non-hydrogen) atoms. The van der Waals surface area contributed by atoms with Crippen LogP contribution in [0, 0.1) is 24.7 Å². The molecule has 1 unspecified atom stereocenters. The molecule has 4 heterocycles. The maximum atomic E-state index is 14.4. The number of carbonyl (C=O) groups excluding carboxylic acids is 2. The van der Waals surface area contributed by atoms with Gasteiger partial charge in [-0.05, 0) is 108 Å². The number of rotatable bonds is 11. The molecular formula is C39H51N5O6. The lowest BCUT2D eigenvalue weighted by atomic mass is 9.79. The van der Waals surface area contributed by atoms with Crippen molar-refractivity contribution in [3.05, 3.63) is 54.0 Å². The first kappa shape index (κ1) is 34.5. The highest BCUT2D eigenvalue weighted by Gasteiger charge is 2.36. The molecule has 0 aromatic carbocycles. The molecule has 0 N–H and O–H groups in total. The van der Waals surface area contributed by atoms with E-state index < -0.39 is 0 Å². The third-order valence-corrected chi connectivity index (χ3v) is 11.3. The van der Waals surface area contributed by atoms with Crippen LogP contribution in [-0.4, -0.2) is 78.4 Å². The third kappa shape index (κ3) is 7.98. The number of aromatic nitrogens is 3. The van der Waals surface area contributed by atoms with Crippen LogP contribution >= 0.6 is 0 Å². The van der Waals surface area contributed by atoms with Gasteiger partial charge < -0.3 is 23.5 Å². The molecule has 0 bridgehead atoms. The lowest BCUT2D eigenvalue weighted by molar-refractivity contribution is -0.124. The molecule has 0 spiro atoms. The summed E-state index contributed by atoms with van der Waals surface area (Å²) in [6, 6.07) is 8.04. The normalized spacial score (nSPS) is 25.3. The van der Waals surface area contributed by atoms with E-state index in [1.807, 2.05) is 30.0 Å². The molecule has 268 valence electrons. The van der Waals surface area contributed by atoms with Crippen LogP contribution < -0.4 is 9.64 Å². The highest BCUT2D eigenvalue weighted by atomic mass is 16.6. The number of ether oxygens (including phenoxy) is 3. The summed E-state index contributed by atoms with van der Waals surface area (Å²) in [6.07, 6.45) is 13.1. The number of oxazole rings is 1. The number of nitrogens with zero attached hydrogens (tertiary/aromatic N) is 5. The molecule has 4 aliphatic rings. The van der Waals surface area contributed by atoms with Gasteiger partial charge in [0.2, 0.25) is 5.91 Å². The Hall–Kier alpha value is -3.99. The van der Waals surface area contributed by atoms with Gasteiger partial charge in [0.1, 0.15) is 29.6 Å². The summed E-state index contributed by atoms with van der Waals surface area (Å²) in [7, 11) is 3.38. The maximum Gasteiger partial charge on any atom is 0.410 e. The Balaban J connectivity index is 1.02. The van der Waals surface area contributed by atoms with Gasteiger partial charge in [-0.25, -0.2) is 14.8 Å². The Kier molecular flexibility index (Phi) is 10.7. The second kappa shape index (κ2) is 15.5. The molecule has 1 atom stereocenters. The average molecular weight is 686 g/mol. The predicted octanol–water partition coefficient (Wildman–Crippen LogP) is 7.30. The van der Waals surface area contributed by atoms with E-state index in [-0.39, 0.29) is 24.0 Å². The minimum atomic E-state index is -0.241. The summed E-state index contributed by atoms with van der Waals surface area (Å²) in [5, 5.41) is 0. The summed E-state index contributed by atoms with van der Waals surface area (Å²) in [5.41, 5.74) is 3.72. The molecule has 2 amide bonds. The van der Waals surface area contributed by atoms with E-state index in [9.17, 15) is 9.59 Å². The van der Waals surface area contributed by atoms with Gasteiger partial charge in [0.15, 0.2) is 5.89 Å². The van der Waals surface area contributed by atoms with Crippen LogP contribution in [0.3, 0.4) is 0 Å². The summed E-state index contributed by atoms with van der Waals surface area (Å²) < 4.78 is 22.4. The molecule has 3 saturated carbocycles. The van der Waals surface area contributed by atoms with E-state index in [2.05, 4.69) is 6.07 Å². The Morgan fingerprint density at radius 1 is 0.920 bits per heavy atom. The van der Waals surface area contributed by atoms with Crippen LogP contribution in [0.2, 0.25) is 0 Å². The first-order valence-corrected chi connectivity index (χ1v) is 18.6. The van der Waals surface area contributed by atoms with Crippen molar-refractivity contribution in [2.45, 2.75) is 95.5 Å². The third-order valence-electron chi connectivity index (χ3n) is 11.3. The lowest BCUT2D eigenvalue weighted by Crippen LogP contribution is -2.43. The Bertz CT molecular complexity index is 1620.